The molecule has 0 radical (unpaired) electrons. The SMILES string of the molecule is CC(C)(C)CCNCc1cn2ccsc2n1. The molecular weight excluding hydrogens is 218 g/mol. The first kappa shape index (κ1) is 11.6. The molecule has 0 fully saturated rings. The zero-order valence-corrected chi connectivity index (χ0v) is 11.0. The van der Waals surface area contributed by atoms with Crippen molar-refractivity contribution in [3.63, 3.8) is 0 Å². The third-order valence-electron chi connectivity index (χ3n) is 2.50. The number of fused-ring (bicyclic) bond motifs is 1. The van der Waals surface area contributed by atoms with Crippen LogP contribution in [0.4, 0.5) is 0 Å². The molecule has 0 aliphatic rings. The monoisotopic (exact) mass is 237 g/mol. The Morgan fingerprint density at radius 2 is 2.25 bits per heavy atom. The molecule has 2 heterocycles. The van der Waals surface area contributed by atoms with Crippen molar-refractivity contribution >= 4 is 16.3 Å². The minimum absolute atomic E-state index is 0.404. The highest BCUT2D eigenvalue weighted by atomic mass is 32.1. The van der Waals surface area contributed by atoms with Crippen LogP contribution in [-0.2, 0) is 6.54 Å². The van der Waals surface area contributed by atoms with Crippen LogP contribution in [0.1, 0.15) is 32.9 Å². The topological polar surface area (TPSA) is 29.3 Å². The Labute approximate surface area is 101 Å². The number of rotatable bonds is 4. The Bertz CT molecular complexity index is 421. The molecule has 1 N–H and O–H groups in total. The van der Waals surface area contributed by atoms with Crippen LogP contribution in [0.2, 0.25) is 0 Å². The van der Waals surface area contributed by atoms with Crippen LogP contribution >= 0.6 is 11.3 Å². The van der Waals surface area contributed by atoms with Gasteiger partial charge in [-0.1, -0.05) is 20.8 Å². The number of aromatic nitrogens is 2. The van der Waals surface area contributed by atoms with Gasteiger partial charge in [-0.05, 0) is 18.4 Å². The largest absolute Gasteiger partial charge is 0.311 e. The number of hydrogen-bond acceptors (Lipinski definition) is 3. The molecular formula is C12H19N3S. The fraction of sp³-hybridized carbons (Fsp3) is 0.583. The molecule has 0 atom stereocenters. The number of nitrogens with one attached hydrogen (secondary N) is 1. The summed E-state index contributed by atoms with van der Waals surface area (Å²) in [5.74, 6) is 0. The fourth-order valence-electron chi connectivity index (χ4n) is 1.54. The second-order valence-electron chi connectivity index (χ2n) is 5.31. The Balaban J connectivity index is 1.80. The lowest BCUT2D eigenvalue weighted by atomic mass is 9.92. The first-order chi connectivity index (χ1) is 7.54. The third-order valence-corrected chi connectivity index (χ3v) is 3.27. The lowest BCUT2D eigenvalue weighted by molar-refractivity contribution is 0.366. The van der Waals surface area contributed by atoms with Crippen LogP contribution in [0.15, 0.2) is 17.8 Å². The number of hydrogen-bond donors (Lipinski definition) is 1. The van der Waals surface area contributed by atoms with E-state index in [4.69, 9.17) is 0 Å². The number of thiazole rings is 1. The zero-order chi connectivity index (χ0) is 11.6. The van der Waals surface area contributed by atoms with Gasteiger partial charge in [-0.3, -0.25) is 4.40 Å². The second kappa shape index (κ2) is 4.55. The molecule has 2 rings (SSSR count). The predicted molar refractivity (Wildman–Crippen MR) is 68.8 cm³/mol. The van der Waals surface area contributed by atoms with Gasteiger partial charge in [0.2, 0.25) is 0 Å². The van der Waals surface area contributed by atoms with E-state index in [1.54, 1.807) is 11.3 Å². The minimum Gasteiger partial charge on any atom is -0.311 e. The van der Waals surface area contributed by atoms with E-state index in [9.17, 15) is 0 Å². The van der Waals surface area contributed by atoms with Crippen molar-refractivity contribution in [3.8, 4) is 0 Å². The first-order valence-electron chi connectivity index (χ1n) is 5.66. The minimum atomic E-state index is 0.404. The van der Waals surface area contributed by atoms with Crippen molar-refractivity contribution in [2.24, 2.45) is 5.41 Å². The van der Waals surface area contributed by atoms with Gasteiger partial charge in [0.1, 0.15) is 0 Å². The summed E-state index contributed by atoms with van der Waals surface area (Å²) in [6.45, 7) is 8.71. The molecule has 2 aromatic rings. The molecule has 0 unspecified atom stereocenters. The molecule has 0 saturated carbocycles. The summed E-state index contributed by atoms with van der Waals surface area (Å²) in [4.78, 5) is 5.60. The average Bonchev–Trinajstić information content (AvgIpc) is 2.70. The van der Waals surface area contributed by atoms with E-state index >= 15 is 0 Å². The van der Waals surface area contributed by atoms with Crippen molar-refractivity contribution in [2.45, 2.75) is 33.7 Å². The van der Waals surface area contributed by atoms with Gasteiger partial charge in [0.15, 0.2) is 4.96 Å². The summed E-state index contributed by atoms with van der Waals surface area (Å²) < 4.78 is 2.07. The van der Waals surface area contributed by atoms with E-state index in [0.29, 0.717) is 5.41 Å². The highest BCUT2D eigenvalue weighted by molar-refractivity contribution is 7.15. The molecule has 0 aliphatic heterocycles. The highest BCUT2D eigenvalue weighted by Gasteiger charge is 2.09. The molecule has 0 amide bonds. The molecule has 0 spiro atoms. The van der Waals surface area contributed by atoms with Gasteiger partial charge < -0.3 is 5.32 Å². The molecule has 4 heteroatoms. The summed E-state index contributed by atoms with van der Waals surface area (Å²) in [6.07, 6.45) is 5.33. The van der Waals surface area contributed by atoms with Crippen LogP contribution in [-0.4, -0.2) is 15.9 Å². The summed E-state index contributed by atoms with van der Waals surface area (Å²) in [5, 5.41) is 5.49. The number of imidazole rings is 1. The Morgan fingerprint density at radius 3 is 2.94 bits per heavy atom. The normalized spacial score (nSPS) is 12.4. The van der Waals surface area contributed by atoms with E-state index < -0.39 is 0 Å². The van der Waals surface area contributed by atoms with Crippen molar-refractivity contribution in [1.82, 2.24) is 14.7 Å². The summed E-state index contributed by atoms with van der Waals surface area (Å²) in [6, 6.07) is 0. The molecule has 16 heavy (non-hydrogen) atoms. The third kappa shape index (κ3) is 3.06. The van der Waals surface area contributed by atoms with Gasteiger partial charge >= 0.3 is 0 Å². The van der Waals surface area contributed by atoms with Gasteiger partial charge in [-0.15, -0.1) is 11.3 Å². The van der Waals surface area contributed by atoms with Crippen LogP contribution < -0.4 is 5.32 Å². The molecule has 0 bridgehead atoms. The lowest BCUT2D eigenvalue weighted by Crippen LogP contribution is -2.20. The summed E-state index contributed by atoms with van der Waals surface area (Å²) in [7, 11) is 0. The van der Waals surface area contributed by atoms with Crippen LogP contribution in [0.3, 0.4) is 0 Å². The van der Waals surface area contributed by atoms with E-state index in [0.717, 1.165) is 23.7 Å². The van der Waals surface area contributed by atoms with Gasteiger partial charge in [0, 0.05) is 24.3 Å². The Morgan fingerprint density at radius 1 is 1.44 bits per heavy atom. The van der Waals surface area contributed by atoms with E-state index in [1.165, 1.54) is 6.42 Å². The van der Waals surface area contributed by atoms with Crippen LogP contribution in [0, 0.1) is 5.41 Å². The maximum atomic E-state index is 4.53. The molecule has 2 aromatic heterocycles. The fourth-order valence-corrected chi connectivity index (χ4v) is 2.26. The molecule has 88 valence electrons. The van der Waals surface area contributed by atoms with Gasteiger partial charge in [0.05, 0.1) is 5.69 Å². The quantitative estimate of drug-likeness (QED) is 0.828. The van der Waals surface area contributed by atoms with Crippen molar-refractivity contribution in [2.75, 3.05) is 6.54 Å². The molecule has 0 aliphatic carbocycles. The highest BCUT2D eigenvalue weighted by Crippen LogP contribution is 2.17. The zero-order valence-electron chi connectivity index (χ0n) is 10.2. The smallest absolute Gasteiger partial charge is 0.193 e. The van der Waals surface area contributed by atoms with Gasteiger partial charge in [0.25, 0.3) is 0 Å². The van der Waals surface area contributed by atoms with E-state index in [1.807, 2.05) is 6.20 Å². The second-order valence-corrected chi connectivity index (χ2v) is 6.19. The number of nitrogens with zero attached hydrogens (tertiary/aromatic N) is 2. The van der Waals surface area contributed by atoms with Crippen LogP contribution in [0.5, 0.6) is 0 Å². The van der Waals surface area contributed by atoms with Crippen molar-refractivity contribution in [1.29, 1.82) is 0 Å². The molecule has 0 saturated heterocycles. The summed E-state index contributed by atoms with van der Waals surface area (Å²) in [5.41, 5.74) is 1.53. The van der Waals surface area contributed by atoms with E-state index in [-0.39, 0.29) is 0 Å². The standard InChI is InChI=1S/C12H19N3S/c1-12(2,3)4-5-13-8-10-9-15-6-7-16-11(15)14-10/h6-7,9,13H,4-5,8H2,1-3H3. The maximum absolute atomic E-state index is 4.53. The molecule has 0 aromatic carbocycles. The van der Waals surface area contributed by atoms with Crippen molar-refractivity contribution in [3.05, 3.63) is 23.5 Å². The Kier molecular flexibility index (Phi) is 3.30. The van der Waals surface area contributed by atoms with Crippen LogP contribution in [0.25, 0.3) is 4.96 Å². The van der Waals surface area contributed by atoms with Crippen molar-refractivity contribution < 1.29 is 0 Å². The lowest BCUT2D eigenvalue weighted by Gasteiger charge is -2.17. The molecule has 3 nitrogen and oxygen atoms in total. The summed E-state index contributed by atoms with van der Waals surface area (Å²) >= 11 is 1.68. The van der Waals surface area contributed by atoms with Gasteiger partial charge in [-0.2, -0.15) is 0 Å². The predicted octanol–water partition coefficient (Wildman–Crippen LogP) is 2.92. The van der Waals surface area contributed by atoms with Gasteiger partial charge in [-0.25, -0.2) is 4.98 Å². The van der Waals surface area contributed by atoms with E-state index in [2.05, 4.69) is 47.0 Å². The maximum Gasteiger partial charge on any atom is 0.193 e. The first-order valence-corrected chi connectivity index (χ1v) is 6.54. The Hall–Kier alpha value is -0.870. The average molecular weight is 237 g/mol.